The predicted molar refractivity (Wildman–Crippen MR) is 64.7 cm³/mol. The molecule has 0 aliphatic carbocycles. The van der Waals surface area contributed by atoms with Gasteiger partial charge in [0, 0.05) is 19.0 Å². The highest BCUT2D eigenvalue weighted by atomic mass is 35.5. The molecule has 0 fully saturated rings. The number of carbonyl (C=O) groups is 2. The van der Waals surface area contributed by atoms with E-state index in [2.05, 4.69) is 10.1 Å². The molecule has 1 amide bonds. The lowest BCUT2D eigenvalue weighted by Gasteiger charge is -2.16. The maximum absolute atomic E-state index is 13.1. The Balaban J connectivity index is 0. The van der Waals surface area contributed by atoms with E-state index in [0.717, 1.165) is 0 Å². The van der Waals surface area contributed by atoms with Gasteiger partial charge in [0.15, 0.2) is 5.67 Å². The monoisotopic (exact) mass is 270 g/mol. The van der Waals surface area contributed by atoms with Crippen molar-refractivity contribution in [3.63, 3.8) is 0 Å². The Morgan fingerprint density at radius 1 is 1.47 bits per heavy atom. The summed E-state index contributed by atoms with van der Waals surface area (Å²) < 4.78 is 17.5. The molecular weight excluding hydrogens is 251 g/mol. The molecule has 17 heavy (non-hydrogen) atoms. The van der Waals surface area contributed by atoms with Crippen LogP contribution in [-0.4, -0.2) is 37.2 Å². The molecule has 0 rings (SSSR count). The van der Waals surface area contributed by atoms with Gasteiger partial charge in [-0.25, -0.2) is 4.39 Å². The van der Waals surface area contributed by atoms with Crippen LogP contribution in [0.1, 0.15) is 26.7 Å². The van der Waals surface area contributed by atoms with E-state index in [-0.39, 0.29) is 37.4 Å². The highest BCUT2D eigenvalue weighted by molar-refractivity contribution is 5.85. The molecule has 1 atom stereocenters. The Kier molecular flexibility index (Phi) is 8.97. The molecule has 0 aliphatic heterocycles. The van der Waals surface area contributed by atoms with E-state index in [0.29, 0.717) is 6.42 Å². The van der Waals surface area contributed by atoms with Crippen LogP contribution in [0.5, 0.6) is 0 Å². The van der Waals surface area contributed by atoms with Crippen LogP contribution < -0.4 is 11.1 Å². The zero-order chi connectivity index (χ0) is 12.8. The maximum atomic E-state index is 13.1. The van der Waals surface area contributed by atoms with Gasteiger partial charge in [-0.3, -0.25) is 9.59 Å². The first-order valence-electron chi connectivity index (χ1n) is 5.07. The number of alkyl halides is 1. The van der Waals surface area contributed by atoms with Crippen LogP contribution >= 0.6 is 12.4 Å². The number of nitrogens with one attached hydrogen (secondary N) is 1. The van der Waals surface area contributed by atoms with Crippen LogP contribution in [0.15, 0.2) is 0 Å². The first-order chi connectivity index (χ1) is 7.27. The molecule has 0 aromatic carbocycles. The van der Waals surface area contributed by atoms with Gasteiger partial charge in [-0.15, -0.1) is 12.4 Å². The summed E-state index contributed by atoms with van der Waals surface area (Å²) in [6.07, 6.45) is 0.576. The van der Waals surface area contributed by atoms with Crippen molar-refractivity contribution in [3.8, 4) is 0 Å². The van der Waals surface area contributed by atoms with Crippen LogP contribution in [0, 0.1) is 0 Å². The lowest BCUT2D eigenvalue weighted by atomic mass is 10.1. The van der Waals surface area contributed by atoms with Gasteiger partial charge in [0.1, 0.15) is 0 Å². The highest BCUT2D eigenvalue weighted by Gasteiger charge is 2.26. The molecule has 0 aromatic rings. The summed E-state index contributed by atoms with van der Waals surface area (Å²) in [7, 11) is 1.29. The van der Waals surface area contributed by atoms with Gasteiger partial charge in [-0.2, -0.15) is 0 Å². The van der Waals surface area contributed by atoms with Crippen LogP contribution in [-0.2, 0) is 14.3 Å². The maximum Gasteiger partial charge on any atom is 0.305 e. The normalized spacial score (nSPS) is 12.3. The van der Waals surface area contributed by atoms with Crippen molar-refractivity contribution in [1.29, 1.82) is 0 Å². The highest BCUT2D eigenvalue weighted by Crippen LogP contribution is 2.07. The molecule has 7 heteroatoms. The van der Waals surface area contributed by atoms with E-state index < -0.39 is 11.6 Å². The van der Waals surface area contributed by atoms with E-state index in [1.807, 2.05) is 0 Å². The minimum absolute atomic E-state index is 0. The van der Waals surface area contributed by atoms with E-state index in [9.17, 15) is 14.0 Å². The van der Waals surface area contributed by atoms with E-state index >= 15 is 0 Å². The third kappa shape index (κ3) is 8.88. The van der Waals surface area contributed by atoms with Gasteiger partial charge in [0.05, 0.1) is 7.11 Å². The fourth-order valence-electron chi connectivity index (χ4n) is 0.941. The summed E-state index contributed by atoms with van der Waals surface area (Å²) in [5, 5.41) is 2.37. The first-order valence-corrected chi connectivity index (χ1v) is 5.07. The smallest absolute Gasteiger partial charge is 0.305 e. The predicted octanol–water partition coefficient (Wildman–Crippen LogP) is 0.553. The van der Waals surface area contributed by atoms with Crippen molar-refractivity contribution in [2.75, 3.05) is 13.7 Å². The number of methoxy groups -OCH3 is 1. The summed E-state index contributed by atoms with van der Waals surface area (Å²) >= 11 is 0. The molecule has 0 radical (unpaired) electrons. The summed E-state index contributed by atoms with van der Waals surface area (Å²) in [5.41, 5.74) is 3.71. The second-order valence-electron chi connectivity index (χ2n) is 4.06. The van der Waals surface area contributed by atoms with Crippen LogP contribution in [0.2, 0.25) is 0 Å². The molecule has 0 aromatic heterocycles. The van der Waals surface area contributed by atoms with Crippen molar-refractivity contribution in [2.24, 2.45) is 5.73 Å². The summed E-state index contributed by atoms with van der Waals surface area (Å²) in [6.45, 7) is 2.48. The molecule has 3 N–H and O–H groups in total. The number of hydrogen-bond acceptors (Lipinski definition) is 4. The lowest BCUT2D eigenvalue weighted by Crippen LogP contribution is -2.44. The first kappa shape index (κ1) is 18.5. The number of hydrogen-bond donors (Lipinski definition) is 2. The molecule has 0 heterocycles. The van der Waals surface area contributed by atoms with E-state index in [1.54, 1.807) is 0 Å². The van der Waals surface area contributed by atoms with Crippen molar-refractivity contribution in [3.05, 3.63) is 0 Å². The Morgan fingerprint density at radius 2 is 2.00 bits per heavy atom. The van der Waals surface area contributed by atoms with Gasteiger partial charge < -0.3 is 15.8 Å². The van der Waals surface area contributed by atoms with Gasteiger partial charge >= 0.3 is 5.97 Å². The fourth-order valence-corrected chi connectivity index (χ4v) is 0.941. The van der Waals surface area contributed by atoms with Gasteiger partial charge in [0.25, 0.3) is 5.91 Å². The number of esters is 1. The molecule has 5 nitrogen and oxygen atoms in total. The fraction of sp³-hybridized carbons (Fsp3) is 0.800. The summed E-state index contributed by atoms with van der Waals surface area (Å²) in [5.74, 6) is -1.06. The third-order valence-electron chi connectivity index (χ3n) is 2.01. The minimum Gasteiger partial charge on any atom is -0.469 e. The average molecular weight is 271 g/mol. The largest absolute Gasteiger partial charge is 0.469 e. The number of rotatable bonds is 6. The summed E-state index contributed by atoms with van der Waals surface area (Å²) in [6, 6.07) is -0.384. The second-order valence-corrected chi connectivity index (χ2v) is 4.06. The Morgan fingerprint density at radius 3 is 2.41 bits per heavy atom. The standard InChI is InChI=1S/C10H19FN2O3.ClH/c1-10(2,11)9(15)13-6-7(12)4-5-8(14)16-3;/h7H,4-6,12H2,1-3H3,(H,13,15);1H. The zero-order valence-corrected chi connectivity index (χ0v) is 11.1. The number of amides is 1. The molecule has 0 aliphatic rings. The summed E-state index contributed by atoms with van der Waals surface area (Å²) in [4.78, 5) is 21.9. The lowest BCUT2D eigenvalue weighted by molar-refractivity contribution is -0.140. The molecule has 0 saturated carbocycles. The molecule has 0 saturated heterocycles. The number of ether oxygens (including phenoxy) is 1. The van der Waals surface area contributed by atoms with Gasteiger partial charge in [-0.05, 0) is 20.3 Å². The quantitative estimate of drug-likeness (QED) is 0.691. The zero-order valence-electron chi connectivity index (χ0n) is 10.3. The van der Waals surface area contributed by atoms with Crippen molar-refractivity contribution in [2.45, 2.75) is 38.4 Å². The molecule has 0 spiro atoms. The number of nitrogens with two attached hydrogens (primary N) is 1. The van der Waals surface area contributed by atoms with Crippen LogP contribution in [0.4, 0.5) is 4.39 Å². The molecular formula is C10H20ClFN2O3. The Bertz CT molecular complexity index is 256. The Labute approximate surface area is 107 Å². The molecule has 1 unspecified atom stereocenters. The van der Waals surface area contributed by atoms with Crippen molar-refractivity contribution in [1.82, 2.24) is 5.32 Å². The van der Waals surface area contributed by atoms with Gasteiger partial charge in [0.2, 0.25) is 0 Å². The third-order valence-corrected chi connectivity index (χ3v) is 2.01. The SMILES string of the molecule is COC(=O)CCC(N)CNC(=O)C(C)(C)F.Cl. The van der Waals surface area contributed by atoms with E-state index in [4.69, 9.17) is 5.73 Å². The average Bonchev–Trinajstić information content (AvgIpc) is 2.20. The second kappa shape index (κ2) is 8.25. The molecule has 102 valence electrons. The van der Waals surface area contributed by atoms with Crippen LogP contribution in [0.3, 0.4) is 0 Å². The van der Waals surface area contributed by atoms with Crippen molar-refractivity contribution < 1.29 is 18.7 Å². The Hall–Kier alpha value is -0.880. The van der Waals surface area contributed by atoms with E-state index in [1.165, 1.54) is 21.0 Å². The molecule has 0 bridgehead atoms. The van der Waals surface area contributed by atoms with Crippen LogP contribution in [0.25, 0.3) is 0 Å². The number of halogens is 2. The number of carbonyl (C=O) groups excluding carboxylic acids is 2. The topological polar surface area (TPSA) is 81.4 Å². The minimum atomic E-state index is -1.91. The van der Waals surface area contributed by atoms with Gasteiger partial charge in [-0.1, -0.05) is 0 Å². The van der Waals surface area contributed by atoms with Crippen molar-refractivity contribution >= 4 is 24.3 Å².